The Morgan fingerprint density at radius 2 is 1.90 bits per heavy atom. The molecule has 1 aromatic heterocycles. The molecule has 0 saturated heterocycles. The van der Waals surface area contributed by atoms with Gasteiger partial charge in [-0.1, -0.05) is 23.7 Å². The van der Waals surface area contributed by atoms with E-state index < -0.39 is 11.9 Å². The van der Waals surface area contributed by atoms with Crippen molar-refractivity contribution < 1.29 is 14.3 Å². The molecule has 7 heteroatoms. The molecule has 0 aliphatic heterocycles. The first-order chi connectivity index (χ1) is 10.0. The summed E-state index contributed by atoms with van der Waals surface area (Å²) >= 11 is 5.64. The average Bonchev–Trinajstić information content (AvgIpc) is 2.53. The minimum atomic E-state index is -0.521. The van der Waals surface area contributed by atoms with E-state index in [4.69, 9.17) is 16.3 Å². The molecule has 0 unspecified atom stereocenters. The van der Waals surface area contributed by atoms with Gasteiger partial charge in [-0.05, 0) is 12.1 Å². The summed E-state index contributed by atoms with van der Waals surface area (Å²) < 4.78 is 4.71. The number of halogens is 1. The molecule has 0 saturated carbocycles. The van der Waals surface area contributed by atoms with E-state index in [1.54, 1.807) is 31.3 Å². The van der Waals surface area contributed by atoms with Crippen LogP contribution in [0.5, 0.6) is 0 Å². The van der Waals surface area contributed by atoms with Crippen LogP contribution in [0.4, 0.5) is 5.69 Å². The molecule has 0 fully saturated rings. The Labute approximate surface area is 126 Å². The molecule has 0 aliphatic carbocycles. The fraction of sp³-hybridized carbons (Fsp3) is 0.143. The highest BCUT2D eigenvalue weighted by molar-refractivity contribution is 6.29. The zero-order valence-electron chi connectivity index (χ0n) is 11.4. The van der Waals surface area contributed by atoms with Gasteiger partial charge in [-0.2, -0.15) is 0 Å². The summed E-state index contributed by atoms with van der Waals surface area (Å²) in [5.41, 5.74) is 0.838. The lowest BCUT2D eigenvalue weighted by Gasteiger charge is -2.19. The van der Waals surface area contributed by atoms with Crippen LogP contribution in [-0.2, 0) is 4.74 Å². The second-order valence-corrected chi connectivity index (χ2v) is 4.48. The molecule has 0 aliphatic rings. The zero-order chi connectivity index (χ0) is 15.4. The second kappa shape index (κ2) is 6.32. The van der Waals surface area contributed by atoms with Gasteiger partial charge in [0.2, 0.25) is 0 Å². The Balaban J connectivity index is 2.36. The normalized spacial score (nSPS) is 10.0. The van der Waals surface area contributed by atoms with Crippen LogP contribution < -0.4 is 4.90 Å². The van der Waals surface area contributed by atoms with Crippen molar-refractivity contribution in [1.29, 1.82) is 0 Å². The summed E-state index contributed by atoms with van der Waals surface area (Å²) in [5, 5.41) is 0.198. The Kier molecular flexibility index (Phi) is 4.49. The first kappa shape index (κ1) is 14.9. The van der Waals surface area contributed by atoms with E-state index in [1.165, 1.54) is 24.4 Å². The minimum Gasteiger partial charge on any atom is -0.465 e. The molecule has 1 amide bonds. The SMILES string of the molecule is COC(=O)c1ccccc1N(C)C(=O)c1cnc(Cl)cn1. The lowest BCUT2D eigenvalue weighted by Crippen LogP contribution is -2.29. The average molecular weight is 306 g/mol. The molecular formula is C14H12ClN3O3. The van der Waals surface area contributed by atoms with Crippen molar-refractivity contribution in [2.45, 2.75) is 0 Å². The maximum Gasteiger partial charge on any atom is 0.339 e. The van der Waals surface area contributed by atoms with E-state index in [0.29, 0.717) is 5.69 Å². The number of ether oxygens (including phenoxy) is 1. The summed E-state index contributed by atoms with van der Waals surface area (Å²) in [7, 11) is 2.83. The van der Waals surface area contributed by atoms with E-state index >= 15 is 0 Å². The van der Waals surface area contributed by atoms with Crippen molar-refractivity contribution >= 4 is 29.2 Å². The third kappa shape index (κ3) is 3.17. The number of anilines is 1. The predicted octanol–water partition coefficient (Wildman–Crippen LogP) is 2.19. The van der Waals surface area contributed by atoms with Crippen molar-refractivity contribution in [3.8, 4) is 0 Å². The lowest BCUT2D eigenvalue weighted by atomic mass is 10.1. The molecular weight excluding hydrogens is 294 g/mol. The number of methoxy groups -OCH3 is 1. The van der Waals surface area contributed by atoms with Gasteiger partial charge in [0, 0.05) is 7.05 Å². The molecule has 1 heterocycles. The van der Waals surface area contributed by atoms with Crippen LogP contribution in [0.15, 0.2) is 36.7 Å². The molecule has 0 spiro atoms. The molecule has 6 nitrogen and oxygen atoms in total. The third-order valence-corrected chi connectivity index (χ3v) is 3.01. The molecule has 0 atom stereocenters. The number of carbonyl (C=O) groups is 2. The Hall–Kier alpha value is -2.47. The smallest absolute Gasteiger partial charge is 0.339 e. The first-order valence-electron chi connectivity index (χ1n) is 5.97. The number of nitrogens with zero attached hydrogens (tertiary/aromatic N) is 3. The third-order valence-electron chi connectivity index (χ3n) is 2.81. The number of carbonyl (C=O) groups excluding carboxylic acids is 2. The Morgan fingerprint density at radius 3 is 2.52 bits per heavy atom. The van der Waals surface area contributed by atoms with Crippen molar-refractivity contribution in [1.82, 2.24) is 9.97 Å². The van der Waals surface area contributed by atoms with Crippen molar-refractivity contribution in [2.24, 2.45) is 0 Å². The fourth-order valence-corrected chi connectivity index (χ4v) is 1.85. The highest BCUT2D eigenvalue weighted by Gasteiger charge is 2.20. The van der Waals surface area contributed by atoms with Gasteiger partial charge in [-0.25, -0.2) is 14.8 Å². The van der Waals surface area contributed by atoms with Gasteiger partial charge in [0.05, 0.1) is 30.8 Å². The number of para-hydroxylation sites is 1. The number of hydrogen-bond donors (Lipinski definition) is 0. The second-order valence-electron chi connectivity index (χ2n) is 4.10. The molecule has 21 heavy (non-hydrogen) atoms. The number of benzene rings is 1. The maximum absolute atomic E-state index is 12.3. The Morgan fingerprint density at radius 1 is 1.19 bits per heavy atom. The summed E-state index contributed by atoms with van der Waals surface area (Å²) in [5.74, 6) is -0.928. The number of esters is 1. The van der Waals surface area contributed by atoms with Crippen LogP contribution in [0, 0.1) is 0 Å². The van der Waals surface area contributed by atoms with Gasteiger partial charge in [0.15, 0.2) is 0 Å². The summed E-state index contributed by atoms with van der Waals surface area (Å²) in [6.07, 6.45) is 2.57. The van der Waals surface area contributed by atoms with Crippen LogP contribution in [-0.4, -0.2) is 36.0 Å². The summed E-state index contributed by atoms with van der Waals surface area (Å²) in [6.45, 7) is 0. The zero-order valence-corrected chi connectivity index (χ0v) is 12.2. The molecule has 1 aromatic carbocycles. The van der Waals surface area contributed by atoms with E-state index in [9.17, 15) is 9.59 Å². The van der Waals surface area contributed by atoms with E-state index in [2.05, 4.69) is 9.97 Å². The highest BCUT2D eigenvalue weighted by Crippen LogP contribution is 2.21. The molecule has 0 radical (unpaired) electrons. The standard InChI is InChI=1S/C14H12ClN3O3/c1-18(13(19)10-7-17-12(15)8-16-10)11-6-4-3-5-9(11)14(20)21-2/h3-8H,1-2H3. The van der Waals surface area contributed by atoms with Gasteiger partial charge in [-0.3, -0.25) is 4.79 Å². The lowest BCUT2D eigenvalue weighted by molar-refractivity contribution is 0.0601. The number of aromatic nitrogens is 2. The summed E-state index contributed by atoms with van der Waals surface area (Å²) in [4.78, 5) is 33.1. The highest BCUT2D eigenvalue weighted by atomic mass is 35.5. The largest absolute Gasteiger partial charge is 0.465 e. The van der Waals surface area contributed by atoms with Crippen LogP contribution in [0.2, 0.25) is 5.15 Å². The topological polar surface area (TPSA) is 72.4 Å². The van der Waals surface area contributed by atoms with Crippen LogP contribution in [0.25, 0.3) is 0 Å². The Bertz CT molecular complexity index is 673. The van der Waals surface area contributed by atoms with Crippen LogP contribution in [0.3, 0.4) is 0 Å². The monoisotopic (exact) mass is 305 g/mol. The quantitative estimate of drug-likeness (QED) is 0.813. The maximum atomic E-state index is 12.3. The molecule has 2 rings (SSSR count). The van der Waals surface area contributed by atoms with E-state index in [0.717, 1.165) is 0 Å². The van der Waals surface area contributed by atoms with Gasteiger partial charge >= 0.3 is 5.97 Å². The van der Waals surface area contributed by atoms with Crippen molar-refractivity contribution in [3.63, 3.8) is 0 Å². The molecule has 0 bridgehead atoms. The number of hydrogen-bond acceptors (Lipinski definition) is 5. The number of rotatable bonds is 3. The molecule has 108 valence electrons. The van der Waals surface area contributed by atoms with Gasteiger partial charge in [0.25, 0.3) is 5.91 Å². The van der Waals surface area contributed by atoms with Gasteiger partial charge in [0.1, 0.15) is 10.8 Å². The van der Waals surface area contributed by atoms with Crippen molar-refractivity contribution in [2.75, 3.05) is 19.1 Å². The van der Waals surface area contributed by atoms with Gasteiger partial charge < -0.3 is 9.64 Å². The van der Waals surface area contributed by atoms with Crippen LogP contribution in [0.1, 0.15) is 20.8 Å². The van der Waals surface area contributed by atoms with Crippen LogP contribution >= 0.6 is 11.6 Å². The summed E-state index contributed by atoms with van der Waals surface area (Å²) in [6, 6.07) is 6.64. The number of amides is 1. The molecule has 0 N–H and O–H groups in total. The van der Waals surface area contributed by atoms with E-state index in [1.807, 2.05) is 0 Å². The van der Waals surface area contributed by atoms with E-state index in [-0.39, 0.29) is 16.4 Å². The van der Waals surface area contributed by atoms with Gasteiger partial charge in [-0.15, -0.1) is 0 Å². The fourth-order valence-electron chi connectivity index (χ4n) is 1.75. The van der Waals surface area contributed by atoms with Crippen molar-refractivity contribution in [3.05, 3.63) is 53.1 Å². The predicted molar refractivity (Wildman–Crippen MR) is 77.6 cm³/mol. The molecule has 2 aromatic rings. The minimum absolute atomic E-state index is 0.126. The first-order valence-corrected chi connectivity index (χ1v) is 6.35.